The normalized spacial score (nSPS) is 12.5. The number of carbonyl (C=O) groups is 1. The second-order valence-corrected chi connectivity index (χ2v) is 11.1. The van der Waals surface area contributed by atoms with E-state index in [1.165, 1.54) is 0 Å². The minimum absolute atomic E-state index is 0.0284. The Hall–Kier alpha value is -4.63. The van der Waals surface area contributed by atoms with E-state index in [9.17, 15) is 18.7 Å². The van der Waals surface area contributed by atoms with Crippen LogP contribution in [0.2, 0.25) is 0 Å². The van der Waals surface area contributed by atoms with Gasteiger partial charge in [-0.05, 0) is 34.9 Å². The molecule has 1 unspecified atom stereocenters. The fourth-order valence-electron chi connectivity index (χ4n) is 5.18. The van der Waals surface area contributed by atoms with Gasteiger partial charge in [0.25, 0.3) is 6.43 Å². The first-order valence-electron chi connectivity index (χ1n) is 14.0. The van der Waals surface area contributed by atoms with Crippen LogP contribution >= 0.6 is 0 Å². The van der Waals surface area contributed by atoms with Gasteiger partial charge in [0.15, 0.2) is 0 Å². The quantitative estimate of drug-likeness (QED) is 0.121. The molecule has 0 saturated carbocycles. The van der Waals surface area contributed by atoms with Crippen molar-refractivity contribution in [3.8, 4) is 16.9 Å². The zero-order valence-corrected chi connectivity index (χ0v) is 24.1. The number of aliphatic hydroxyl groups excluding tert-OH is 1. The van der Waals surface area contributed by atoms with Crippen LogP contribution < -0.4 is 4.74 Å². The Morgan fingerprint density at radius 3 is 2.09 bits per heavy atom. The Morgan fingerprint density at radius 2 is 1.48 bits per heavy atom. The van der Waals surface area contributed by atoms with Crippen LogP contribution in [0.1, 0.15) is 47.3 Å². The van der Waals surface area contributed by atoms with E-state index in [-0.39, 0.29) is 35.6 Å². The molecule has 228 valence electrons. The molecule has 0 amide bonds. The Labute approximate surface area is 252 Å². The number of rotatable bonds is 11. The molecule has 1 heterocycles. The molecule has 0 aliphatic rings. The van der Waals surface area contributed by atoms with Crippen LogP contribution in [0.25, 0.3) is 22.0 Å². The lowest BCUT2D eigenvalue weighted by molar-refractivity contribution is 0.00696. The van der Waals surface area contributed by atoms with E-state index in [1.54, 1.807) is 68.4 Å². The highest BCUT2D eigenvalue weighted by Crippen LogP contribution is 2.47. The molecule has 4 aromatic carbocycles. The highest BCUT2D eigenvalue weighted by atomic mass is 19.3. The predicted octanol–water partition coefficient (Wildman–Crippen LogP) is 8.39. The summed E-state index contributed by atoms with van der Waals surface area (Å²) < 4.78 is 70.7. The van der Waals surface area contributed by atoms with Gasteiger partial charge in [-0.25, -0.2) is 22.4 Å². The van der Waals surface area contributed by atoms with Crippen LogP contribution in [0.15, 0.2) is 97.1 Å². The molecule has 1 aromatic heterocycles. The maximum atomic E-state index is 15.5. The largest absolute Gasteiger partial charge is 0.488 e. The molecule has 5 rings (SSSR count). The number of alkyl halides is 3. The number of fused-ring (bicyclic) bond motifs is 1. The van der Waals surface area contributed by atoms with Crippen molar-refractivity contribution in [2.75, 3.05) is 6.61 Å². The number of aromatic nitrogens is 1. The van der Waals surface area contributed by atoms with Crippen LogP contribution in [0, 0.1) is 5.82 Å². The molecule has 0 radical (unpaired) electrons. The van der Waals surface area contributed by atoms with E-state index < -0.39 is 36.5 Å². The summed E-state index contributed by atoms with van der Waals surface area (Å²) in [6.07, 6.45) is -6.25. The molecule has 0 saturated heterocycles. The Bertz CT molecular complexity index is 1740. The van der Waals surface area contributed by atoms with Crippen molar-refractivity contribution in [2.24, 2.45) is 0 Å². The Balaban J connectivity index is 1.64. The zero-order chi connectivity index (χ0) is 31.4. The number of hydrogen-bond donors (Lipinski definition) is 1. The summed E-state index contributed by atoms with van der Waals surface area (Å²) >= 11 is 0. The SMILES string of the molecule is CC(C)(CO)c1c(-c2ccc(COC(=O)c3ccccc3)cc2)c2c(OCc3ccccc3)cc(F)cc2n1C(F)C(F)F. The second-order valence-electron chi connectivity index (χ2n) is 11.1. The zero-order valence-electron chi connectivity index (χ0n) is 24.1. The summed E-state index contributed by atoms with van der Waals surface area (Å²) in [6.45, 7) is 2.69. The van der Waals surface area contributed by atoms with Gasteiger partial charge in [-0.2, -0.15) is 0 Å². The van der Waals surface area contributed by atoms with Crippen molar-refractivity contribution in [1.29, 1.82) is 0 Å². The number of aliphatic hydroxyl groups is 1. The predicted molar refractivity (Wildman–Crippen MR) is 160 cm³/mol. The van der Waals surface area contributed by atoms with E-state index in [4.69, 9.17) is 9.47 Å². The summed E-state index contributed by atoms with van der Waals surface area (Å²) in [5.41, 5.74) is 1.33. The number of halogens is 4. The van der Waals surface area contributed by atoms with Crippen LogP contribution in [0.4, 0.5) is 17.6 Å². The van der Waals surface area contributed by atoms with Crippen molar-refractivity contribution in [1.82, 2.24) is 4.57 Å². The van der Waals surface area contributed by atoms with E-state index in [1.807, 2.05) is 30.3 Å². The van der Waals surface area contributed by atoms with Crippen LogP contribution in [-0.2, 0) is 23.4 Å². The Morgan fingerprint density at radius 1 is 0.864 bits per heavy atom. The van der Waals surface area contributed by atoms with Gasteiger partial charge in [-0.15, -0.1) is 0 Å². The van der Waals surface area contributed by atoms with Gasteiger partial charge in [0.2, 0.25) is 6.30 Å². The van der Waals surface area contributed by atoms with Crippen molar-refractivity contribution >= 4 is 16.9 Å². The summed E-state index contributed by atoms with van der Waals surface area (Å²) in [5.74, 6) is -1.25. The molecule has 0 spiro atoms. The molecular weight excluding hydrogens is 574 g/mol. The third-order valence-electron chi connectivity index (χ3n) is 7.38. The standard InChI is InChI=1S/C35H31F4NO4/c1-35(2,21-41)31-29(24-15-13-23(14-16-24)20-44-34(42)25-11-7-4-8-12-25)30-27(40(31)33(39)32(37)38)17-26(36)18-28(30)43-19-22-9-5-3-6-10-22/h3-18,32-33,41H,19-21H2,1-2H3. The molecule has 9 heteroatoms. The van der Waals surface area contributed by atoms with Gasteiger partial charge in [0.05, 0.1) is 23.1 Å². The molecule has 5 nitrogen and oxygen atoms in total. The van der Waals surface area contributed by atoms with Crippen molar-refractivity contribution in [2.45, 2.75) is 45.2 Å². The number of ether oxygens (including phenoxy) is 2. The minimum Gasteiger partial charge on any atom is -0.488 e. The minimum atomic E-state index is -3.43. The summed E-state index contributed by atoms with van der Waals surface area (Å²) in [7, 11) is 0. The fraction of sp³-hybridized carbons (Fsp3) is 0.229. The van der Waals surface area contributed by atoms with Crippen molar-refractivity contribution in [3.63, 3.8) is 0 Å². The monoisotopic (exact) mass is 605 g/mol. The number of hydrogen-bond acceptors (Lipinski definition) is 4. The maximum absolute atomic E-state index is 15.5. The third-order valence-corrected chi connectivity index (χ3v) is 7.38. The number of nitrogens with zero attached hydrogens (tertiary/aromatic N) is 1. The van der Waals surface area contributed by atoms with Crippen LogP contribution in [-0.4, -0.2) is 28.7 Å². The lowest BCUT2D eigenvalue weighted by Gasteiger charge is -2.28. The molecule has 1 N–H and O–H groups in total. The maximum Gasteiger partial charge on any atom is 0.338 e. The van der Waals surface area contributed by atoms with Gasteiger partial charge in [0.1, 0.15) is 24.8 Å². The van der Waals surface area contributed by atoms with Gasteiger partial charge < -0.3 is 19.1 Å². The highest BCUT2D eigenvalue weighted by Gasteiger charge is 2.37. The molecule has 0 fully saturated rings. The number of carbonyl (C=O) groups excluding carboxylic acids is 1. The van der Waals surface area contributed by atoms with E-state index in [0.717, 1.165) is 22.3 Å². The Kier molecular flexibility index (Phi) is 9.06. The molecule has 0 bridgehead atoms. The molecule has 44 heavy (non-hydrogen) atoms. The first-order valence-corrected chi connectivity index (χ1v) is 14.0. The third kappa shape index (κ3) is 6.33. The molecular formula is C35H31F4NO4. The highest BCUT2D eigenvalue weighted by molar-refractivity contribution is 6.03. The molecule has 5 aromatic rings. The lowest BCUT2D eigenvalue weighted by Crippen LogP contribution is -2.29. The second kappa shape index (κ2) is 12.9. The molecule has 1 atom stereocenters. The summed E-state index contributed by atoms with van der Waals surface area (Å²) in [4.78, 5) is 12.4. The van der Waals surface area contributed by atoms with E-state index in [0.29, 0.717) is 22.3 Å². The van der Waals surface area contributed by atoms with E-state index in [2.05, 4.69) is 0 Å². The van der Waals surface area contributed by atoms with E-state index >= 15 is 8.78 Å². The molecule has 0 aliphatic heterocycles. The molecule has 0 aliphatic carbocycles. The smallest absolute Gasteiger partial charge is 0.338 e. The first-order chi connectivity index (χ1) is 21.1. The summed E-state index contributed by atoms with van der Waals surface area (Å²) in [5, 5.41) is 10.6. The van der Waals surface area contributed by atoms with Gasteiger partial charge in [-0.1, -0.05) is 86.6 Å². The van der Waals surface area contributed by atoms with Crippen molar-refractivity contribution in [3.05, 3.63) is 125 Å². The van der Waals surface area contributed by atoms with Crippen LogP contribution in [0.3, 0.4) is 0 Å². The topological polar surface area (TPSA) is 60.7 Å². The van der Waals surface area contributed by atoms with Gasteiger partial charge >= 0.3 is 5.97 Å². The number of benzene rings is 4. The van der Waals surface area contributed by atoms with Gasteiger partial charge in [0, 0.05) is 22.7 Å². The fourth-order valence-corrected chi connectivity index (χ4v) is 5.18. The number of esters is 1. The van der Waals surface area contributed by atoms with Crippen LogP contribution in [0.5, 0.6) is 5.75 Å². The van der Waals surface area contributed by atoms with Crippen molar-refractivity contribution < 1.29 is 36.9 Å². The summed E-state index contributed by atoms with van der Waals surface area (Å²) in [6, 6.07) is 26.5. The average molecular weight is 606 g/mol. The first kappa shape index (κ1) is 30.8. The average Bonchev–Trinajstić information content (AvgIpc) is 3.39. The van der Waals surface area contributed by atoms with Gasteiger partial charge in [-0.3, -0.25) is 0 Å². The lowest BCUT2D eigenvalue weighted by atomic mass is 9.84.